The molecule has 1 aromatic rings. The fourth-order valence-electron chi connectivity index (χ4n) is 1.03. The van der Waals surface area contributed by atoms with E-state index in [-0.39, 0.29) is 10.8 Å². The molecule has 0 spiro atoms. The van der Waals surface area contributed by atoms with E-state index in [1.807, 2.05) is 6.92 Å². The van der Waals surface area contributed by atoms with E-state index in [0.717, 1.165) is 6.42 Å². The second kappa shape index (κ2) is 6.62. The molecule has 0 saturated heterocycles. The van der Waals surface area contributed by atoms with Crippen LogP contribution in [0.4, 0.5) is 0 Å². The highest BCUT2D eigenvalue weighted by atomic mass is 35.5. The Balaban J connectivity index is 2.83. The lowest BCUT2D eigenvalue weighted by Crippen LogP contribution is -2.12. The second-order valence-corrected chi connectivity index (χ2v) is 5.95. The van der Waals surface area contributed by atoms with Crippen molar-refractivity contribution in [3.8, 4) is 5.75 Å². The molecule has 1 atom stereocenters. The first-order valence-electron chi connectivity index (χ1n) is 5.09. The van der Waals surface area contributed by atoms with Crippen LogP contribution < -0.4 is 9.61 Å². The summed E-state index contributed by atoms with van der Waals surface area (Å²) in [5.74, 6) is 0.268. The van der Waals surface area contributed by atoms with Crippen LogP contribution in [-0.2, 0) is 9.09 Å². The molecule has 4 nitrogen and oxygen atoms in total. The summed E-state index contributed by atoms with van der Waals surface area (Å²) in [5, 5.41) is 3.29. The minimum absolute atomic E-state index is 0.268. The minimum atomic E-state index is -3.36. The normalized spacial score (nSPS) is 14.4. The van der Waals surface area contributed by atoms with Crippen LogP contribution >= 0.6 is 30.9 Å². The first-order chi connectivity index (χ1) is 8.00. The molecule has 0 saturated carbocycles. The largest absolute Gasteiger partial charge is 0.458 e. The van der Waals surface area contributed by atoms with Gasteiger partial charge in [0.15, 0.2) is 0 Å². The monoisotopic (exact) mass is 297 g/mol. The molecule has 0 heterocycles. The van der Waals surface area contributed by atoms with Crippen molar-refractivity contribution in [3.63, 3.8) is 0 Å². The molecule has 0 fully saturated rings. The molecular weight excluding hydrogens is 284 g/mol. The lowest BCUT2D eigenvalue weighted by Gasteiger charge is -2.18. The van der Waals surface area contributed by atoms with Gasteiger partial charge in [0.25, 0.3) is 0 Å². The SMILES string of the molecule is CCCOP(=O)(NC)Oc1ccc(Cl)cc1Cl. The van der Waals surface area contributed by atoms with E-state index in [0.29, 0.717) is 11.6 Å². The van der Waals surface area contributed by atoms with Crippen LogP contribution in [0.15, 0.2) is 18.2 Å². The Kier molecular flexibility index (Phi) is 5.77. The third-order valence-electron chi connectivity index (χ3n) is 1.85. The second-order valence-electron chi connectivity index (χ2n) is 3.22. The van der Waals surface area contributed by atoms with Gasteiger partial charge < -0.3 is 4.52 Å². The fraction of sp³-hybridized carbons (Fsp3) is 0.400. The van der Waals surface area contributed by atoms with Crippen molar-refractivity contribution in [2.24, 2.45) is 0 Å². The van der Waals surface area contributed by atoms with Gasteiger partial charge in [-0.3, -0.25) is 4.52 Å². The molecule has 0 bridgehead atoms. The van der Waals surface area contributed by atoms with Crippen molar-refractivity contribution in [2.45, 2.75) is 13.3 Å². The zero-order valence-corrected chi connectivity index (χ0v) is 12.0. The first-order valence-corrected chi connectivity index (χ1v) is 7.39. The highest BCUT2D eigenvalue weighted by Crippen LogP contribution is 2.45. The molecule has 1 aromatic carbocycles. The molecule has 0 aliphatic heterocycles. The van der Waals surface area contributed by atoms with Crippen molar-refractivity contribution in [3.05, 3.63) is 28.2 Å². The van der Waals surface area contributed by atoms with Crippen LogP contribution in [-0.4, -0.2) is 13.7 Å². The van der Waals surface area contributed by atoms with Crippen molar-refractivity contribution in [2.75, 3.05) is 13.7 Å². The van der Waals surface area contributed by atoms with Gasteiger partial charge in [-0.2, -0.15) is 0 Å². The molecule has 0 aromatic heterocycles. The average Bonchev–Trinajstić information content (AvgIpc) is 2.30. The molecule has 1 unspecified atom stereocenters. The van der Waals surface area contributed by atoms with Crippen LogP contribution in [0.1, 0.15) is 13.3 Å². The number of benzene rings is 1. The zero-order chi connectivity index (χ0) is 12.9. The maximum atomic E-state index is 12.1. The smallest absolute Gasteiger partial charge is 0.412 e. The summed E-state index contributed by atoms with van der Waals surface area (Å²) in [4.78, 5) is 0. The first kappa shape index (κ1) is 14.8. The van der Waals surface area contributed by atoms with Crippen LogP contribution in [0, 0.1) is 0 Å². The van der Waals surface area contributed by atoms with Crippen LogP contribution in [0.3, 0.4) is 0 Å². The molecule has 0 aliphatic carbocycles. The lowest BCUT2D eigenvalue weighted by molar-refractivity contribution is 0.258. The van der Waals surface area contributed by atoms with Gasteiger partial charge in [-0.05, 0) is 31.7 Å². The highest BCUT2D eigenvalue weighted by molar-refractivity contribution is 7.52. The van der Waals surface area contributed by atoms with Crippen molar-refractivity contribution in [1.82, 2.24) is 5.09 Å². The molecule has 17 heavy (non-hydrogen) atoms. The number of hydrogen-bond donors (Lipinski definition) is 1. The van der Waals surface area contributed by atoms with Crippen molar-refractivity contribution in [1.29, 1.82) is 0 Å². The average molecular weight is 298 g/mol. The van der Waals surface area contributed by atoms with Crippen molar-refractivity contribution >= 4 is 30.9 Å². The topological polar surface area (TPSA) is 47.6 Å². The fourth-order valence-corrected chi connectivity index (χ4v) is 2.64. The third-order valence-corrected chi connectivity index (χ3v) is 3.89. The molecular formula is C10H14Cl2NO3P. The van der Waals surface area contributed by atoms with Gasteiger partial charge in [0.05, 0.1) is 11.6 Å². The van der Waals surface area contributed by atoms with Gasteiger partial charge in [0.1, 0.15) is 5.75 Å². The highest BCUT2D eigenvalue weighted by Gasteiger charge is 2.24. The quantitative estimate of drug-likeness (QED) is 0.802. The summed E-state index contributed by atoms with van der Waals surface area (Å²) in [6, 6.07) is 4.66. The lowest BCUT2D eigenvalue weighted by atomic mass is 10.3. The van der Waals surface area contributed by atoms with E-state index < -0.39 is 7.75 Å². The molecule has 0 radical (unpaired) electrons. The van der Waals surface area contributed by atoms with Gasteiger partial charge in [-0.1, -0.05) is 30.1 Å². The minimum Gasteiger partial charge on any atom is -0.412 e. The van der Waals surface area contributed by atoms with E-state index in [1.54, 1.807) is 12.1 Å². The molecule has 96 valence electrons. The maximum Gasteiger partial charge on any atom is 0.458 e. The third kappa shape index (κ3) is 4.49. The van der Waals surface area contributed by atoms with Gasteiger partial charge in [0, 0.05) is 5.02 Å². The molecule has 0 aliphatic rings. The van der Waals surface area contributed by atoms with Gasteiger partial charge in [0.2, 0.25) is 0 Å². The van der Waals surface area contributed by atoms with Gasteiger partial charge >= 0.3 is 7.75 Å². The Labute approximate surface area is 111 Å². The predicted octanol–water partition coefficient (Wildman–Crippen LogP) is 4.13. The van der Waals surface area contributed by atoms with Crippen LogP contribution in [0.25, 0.3) is 0 Å². The Hall–Kier alpha value is -0.250. The Morgan fingerprint density at radius 1 is 1.41 bits per heavy atom. The van der Waals surface area contributed by atoms with Gasteiger partial charge in [-0.15, -0.1) is 0 Å². The summed E-state index contributed by atoms with van der Waals surface area (Å²) in [7, 11) is -1.86. The number of hydrogen-bond acceptors (Lipinski definition) is 3. The predicted molar refractivity (Wildman–Crippen MR) is 70.0 cm³/mol. The molecule has 7 heteroatoms. The summed E-state index contributed by atoms with van der Waals surface area (Å²) in [6.07, 6.45) is 0.739. The van der Waals surface area contributed by atoms with Crippen LogP contribution in [0.5, 0.6) is 5.75 Å². The van der Waals surface area contributed by atoms with Gasteiger partial charge in [-0.25, -0.2) is 9.65 Å². The zero-order valence-electron chi connectivity index (χ0n) is 9.57. The molecule has 1 N–H and O–H groups in total. The summed E-state index contributed by atoms with van der Waals surface area (Å²) in [6.45, 7) is 2.25. The van der Waals surface area contributed by atoms with Crippen LogP contribution in [0.2, 0.25) is 10.0 Å². The number of halogens is 2. The molecule has 0 amide bonds. The van der Waals surface area contributed by atoms with Crippen molar-refractivity contribution < 1.29 is 13.6 Å². The maximum absolute atomic E-state index is 12.1. The number of nitrogens with one attached hydrogen (secondary N) is 1. The van der Waals surface area contributed by atoms with E-state index in [4.69, 9.17) is 32.2 Å². The van der Waals surface area contributed by atoms with E-state index in [1.165, 1.54) is 13.1 Å². The van der Waals surface area contributed by atoms with E-state index in [9.17, 15) is 4.57 Å². The Morgan fingerprint density at radius 2 is 2.12 bits per heavy atom. The van der Waals surface area contributed by atoms with E-state index in [2.05, 4.69) is 5.09 Å². The Morgan fingerprint density at radius 3 is 2.65 bits per heavy atom. The molecule has 1 rings (SSSR count). The summed E-state index contributed by atoms with van der Waals surface area (Å²) < 4.78 is 22.5. The summed E-state index contributed by atoms with van der Waals surface area (Å²) in [5.41, 5.74) is 0. The summed E-state index contributed by atoms with van der Waals surface area (Å²) >= 11 is 11.7. The van der Waals surface area contributed by atoms with E-state index >= 15 is 0 Å². The standard InChI is InChI=1S/C10H14Cl2NO3P/c1-3-6-15-17(14,13-2)16-10-5-4-8(11)7-9(10)12/h4-5,7H,3,6H2,1-2H3,(H,13,14). The Bertz CT molecular complexity index is 428. The number of rotatable bonds is 6.